The molecule has 2 fully saturated rings. The van der Waals surface area contributed by atoms with Gasteiger partial charge in [0.25, 0.3) is 0 Å². The number of carbonyl (C=O) groups is 2. The van der Waals surface area contributed by atoms with Crippen molar-refractivity contribution in [2.75, 3.05) is 28.4 Å². The van der Waals surface area contributed by atoms with E-state index in [4.69, 9.17) is 47.4 Å². The molecule has 5 aliphatic rings. The fourth-order valence-electron chi connectivity index (χ4n) is 15.4. The average Bonchev–Trinajstić information content (AvgIpc) is 0.855. The highest BCUT2D eigenvalue weighted by Gasteiger charge is 2.43. The zero-order valence-electron chi connectivity index (χ0n) is 62.6. The summed E-state index contributed by atoms with van der Waals surface area (Å²) in [4.78, 5) is 27.8. The summed E-state index contributed by atoms with van der Waals surface area (Å²) in [7, 11) is 6.48. The van der Waals surface area contributed by atoms with Gasteiger partial charge in [-0.15, -0.1) is 0 Å². The number of fused-ring (bicyclic) bond motifs is 4. The van der Waals surface area contributed by atoms with Gasteiger partial charge in [0.2, 0.25) is 0 Å². The maximum absolute atomic E-state index is 13.9. The van der Waals surface area contributed by atoms with E-state index in [-0.39, 0.29) is 93.6 Å². The van der Waals surface area contributed by atoms with Gasteiger partial charge in [0, 0.05) is 108 Å². The molecule has 99 heavy (non-hydrogen) atoms. The van der Waals surface area contributed by atoms with Crippen LogP contribution in [0.15, 0.2) is 71.9 Å². The molecule has 4 bridgehead atoms. The zero-order valence-corrected chi connectivity index (χ0v) is 62.6. The minimum absolute atomic E-state index is 0.0334. The van der Waals surface area contributed by atoms with Crippen LogP contribution in [-0.2, 0) is 57.0 Å². The number of esters is 2. The highest BCUT2D eigenvalue weighted by Crippen LogP contribution is 2.37. The molecule has 0 aromatic rings. The summed E-state index contributed by atoms with van der Waals surface area (Å²) in [6.07, 6.45) is 9.95. The molecule has 21 nitrogen and oxygen atoms in total. The number of hydrogen-bond acceptors (Lipinski definition) is 21. The molecule has 0 aromatic carbocycles. The molecule has 0 saturated carbocycles. The summed E-state index contributed by atoms with van der Waals surface area (Å²) in [5, 5.41) is 106. The summed E-state index contributed by atoms with van der Waals surface area (Å²) in [5.41, 5.74) is 1.35. The fraction of sp³-hybridized carbons (Fsp3) is 0.821. The van der Waals surface area contributed by atoms with E-state index in [9.17, 15) is 55.5 Å². The molecular formula is C78H132O21. The molecule has 5 aliphatic heterocycles. The van der Waals surface area contributed by atoms with Crippen LogP contribution in [0.3, 0.4) is 0 Å². The first-order valence-electron chi connectivity index (χ1n) is 37.1. The summed E-state index contributed by atoms with van der Waals surface area (Å²) in [6, 6.07) is 0. The van der Waals surface area contributed by atoms with Gasteiger partial charge in [0.05, 0.1) is 128 Å². The minimum atomic E-state index is -1.22. The van der Waals surface area contributed by atoms with Crippen LogP contribution in [0.5, 0.6) is 0 Å². The Bertz CT molecular complexity index is 2520. The lowest BCUT2D eigenvalue weighted by Gasteiger charge is -2.39. The number of methoxy groups -OCH3 is 4. The second-order valence-corrected chi connectivity index (χ2v) is 30.5. The molecule has 0 aromatic heterocycles. The molecular weight excluding hydrogens is 1270 g/mol. The lowest BCUT2D eigenvalue weighted by atomic mass is 9.78. The second-order valence-electron chi connectivity index (χ2n) is 30.5. The molecule has 0 radical (unpaired) electrons. The molecule has 1 unspecified atom stereocenters. The summed E-state index contributed by atoms with van der Waals surface area (Å²) < 4.78 is 61.1. The number of cyclic esters (lactones) is 2. The first-order chi connectivity index (χ1) is 46.8. The number of allylic oxidation sites excluding steroid dienone is 4. The van der Waals surface area contributed by atoms with E-state index in [0.29, 0.717) is 62.5 Å². The quantitative estimate of drug-likeness (QED) is 0.0514. The average molecular weight is 1410 g/mol. The van der Waals surface area contributed by atoms with Crippen LogP contribution in [0.4, 0.5) is 0 Å². The molecule has 5 heterocycles. The first kappa shape index (κ1) is 86.3. The highest BCUT2D eigenvalue weighted by atomic mass is 16.6. The van der Waals surface area contributed by atoms with Crippen molar-refractivity contribution in [1.82, 2.24) is 0 Å². The standard InChI is InChI=1S/C78H132O21/c1-44-23-28-56(79)36-58-20-18-22-61(97-58)40-71(93-16)51(8)66(82)43-68(84)53(10)78(55(12)76(89)47(4)33-69(85)72-41-64(91-14)35-49(6)95-72)99-74(87)32-26-45(2)24-29-57(80)37-59-19-17-21-60(96-59)39-70(92-15)50(7)65(81)42-67(83)52(9)77(98-73(86)31-25-44)54(11)75(88)46(3)27-30-62-38-63(90-13)34-48(5)94-62/h17-20,23-26,31-32,46-72,75-85,88-89H,21-22,27-30,33-43H2,1-16H3/b31-25?,32-26-,44-23-,45-24-/t46-,47-,48-,49-,50-,51-,52-,53-,54-,55-,56-,57-,58-,59+,60-,61-,62-,63+,64+,65-,66-,67+,68+,69?,70-,71-,72+,75-,76-,77-,78-/m0/s1. The maximum atomic E-state index is 13.9. The number of rotatable bonds is 16. The van der Waals surface area contributed by atoms with Crippen LogP contribution in [0, 0.1) is 47.3 Å². The van der Waals surface area contributed by atoms with E-state index in [1.807, 2.05) is 78.8 Å². The van der Waals surface area contributed by atoms with Crippen LogP contribution < -0.4 is 0 Å². The molecule has 0 amide bonds. The number of ether oxygens (including phenoxy) is 10. The smallest absolute Gasteiger partial charge is 0.331 e. The Morgan fingerprint density at radius 1 is 0.475 bits per heavy atom. The van der Waals surface area contributed by atoms with Crippen LogP contribution in [0.1, 0.15) is 192 Å². The predicted molar refractivity (Wildman–Crippen MR) is 379 cm³/mol. The zero-order chi connectivity index (χ0) is 73.4. The predicted octanol–water partition coefficient (Wildman–Crippen LogP) is 9.08. The lowest BCUT2D eigenvalue weighted by molar-refractivity contribution is -0.160. The molecule has 31 atom stereocenters. The van der Waals surface area contributed by atoms with E-state index in [1.165, 1.54) is 12.2 Å². The van der Waals surface area contributed by atoms with Gasteiger partial charge in [-0.25, -0.2) is 9.59 Å². The van der Waals surface area contributed by atoms with Gasteiger partial charge in [-0.05, 0) is 117 Å². The minimum Gasteiger partial charge on any atom is -0.458 e. The Morgan fingerprint density at radius 2 is 0.889 bits per heavy atom. The molecule has 2 saturated heterocycles. The third-order valence-corrected chi connectivity index (χ3v) is 22.3. The van der Waals surface area contributed by atoms with Gasteiger partial charge in [-0.1, -0.05) is 115 Å². The van der Waals surface area contributed by atoms with Crippen LogP contribution in [-0.4, -0.2) is 227 Å². The summed E-state index contributed by atoms with van der Waals surface area (Å²) >= 11 is 0. The number of hydrogen-bond donors (Lipinski definition) is 9. The van der Waals surface area contributed by atoms with E-state index >= 15 is 0 Å². The Labute approximate surface area is 592 Å². The number of aliphatic hydroxyl groups excluding tert-OH is 9. The topological polar surface area (TPSA) is 309 Å². The van der Waals surface area contributed by atoms with Crippen molar-refractivity contribution in [1.29, 1.82) is 0 Å². The van der Waals surface area contributed by atoms with E-state index in [2.05, 4.69) is 0 Å². The van der Waals surface area contributed by atoms with Gasteiger partial charge in [0.15, 0.2) is 0 Å². The second kappa shape index (κ2) is 43.2. The van der Waals surface area contributed by atoms with E-state index in [0.717, 1.165) is 12.8 Å². The molecule has 0 spiro atoms. The summed E-state index contributed by atoms with van der Waals surface area (Å²) in [5.74, 6) is -6.08. The Balaban J connectivity index is 1.37. The van der Waals surface area contributed by atoms with Gasteiger partial charge < -0.3 is 93.3 Å². The van der Waals surface area contributed by atoms with Crippen molar-refractivity contribution in [3.63, 3.8) is 0 Å². The van der Waals surface area contributed by atoms with Crippen LogP contribution >= 0.6 is 0 Å². The van der Waals surface area contributed by atoms with Crippen LogP contribution in [0.2, 0.25) is 0 Å². The SMILES string of the molecule is CO[C@@H]1C[C@H](C)O[C@@H](C(O)C[C@H](C)[C@H](O)[C@H](C)[C@H]2OC(=O)/C=C\C(C)=C/C[C@H](O)C[C@H]3C=CC[C@@H](C[C@H](OC)[C@@H](C)[C@@H](O)C[C@@H](O)[C@H](C)[C@@H]([C@@H](C)[C@@H](O)[C@@H](C)CC[C@H]4C[C@H](OC)C[C@H](C)O4)OC(=O)C=C/C(C)=C\C[C@H](O)C[C@@H]4C=CC[C@@H](C[C@H](OC)[C@@H](C)[C@@H](O)C[C@@H](O)[C@@H]2C)O4)O3)C1. The first-order valence-corrected chi connectivity index (χ1v) is 37.1. The van der Waals surface area contributed by atoms with E-state index in [1.54, 1.807) is 81.3 Å². The van der Waals surface area contributed by atoms with Gasteiger partial charge >= 0.3 is 11.9 Å². The molecule has 21 heteroatoms. The fourth-order valence-corrected chi connectivity index (χ4v) is 15.4. The number of aliphatic hydroxyl groups is 9. The van der Waals surface area contributed by atoms with Crippen molar-refractivity contribution in [3.8, 4) is 0 Å². The van der Waals surface area contributed by atoms with Crippen molar-refractivity contribution in [2.45, 2.75) is 333 Å². The molecule has 5 rings (SSSR count). The molecule has 570 valence electrons. The Hall–Kier alpha value is -3.30. The maximum Gasteiger partial charge on any atom is 0.331 e. The van der Waals surface area contributed by atoms with Crippen molar-refractivity contribution >= 4 is 11.9 Å². The van der Waals surface area contributed by atoms with Crippen molar-refractivity contribution in [3.05, 3.63) is 71.9 Å². The van der Waals surface area contributed by atoms with Gasteiger partial charge in [0.1, 0.15) is 12.2 Å². The molecule has 0 aliphatic carbocycles. The normalized spacial score (nSPS) is 40.8. The van der Waals surface area contributed by atoms with Crippen LogP contribution in [0.25, 0.3) is 0 Å². The highest BCUT2D eigenvalue weighted by molar-refractivity contribution is 5.83. The van der Waals surface area contributed by atoms with Crippen molar-refractivity contribution < 1.29 is 103 Å². The number of carbonyl (C=O) groups excluding carboxylic acids is 2. The Kier molecular flexibility index (Phi) is 37.7. The monoisotopic (exact) mass is 1400 g/mol. The summed E-state index contributed by atoms with van der Waals surface area (Å²) in [6.45, 7) is 22.1. The third kappa shape index (κ3) is 28.3. The van der Waals surface area contributed by atoms with E-state index < -0.39 is 151 Å². The van der Waals surface area contributed by atoms with Gasteiger partial charge in [-0.2, -0.15) is 0 Å². The van der Waals surface area contributed by atoms with Crippen molar-refractivity contribution in [2.24, 2.45) is 47.3 Å². The third-order valence-electron chi connectivity index (χ3n) is 22.3. The lowest BCUT2D eigenvalue weighted by Crippen LogP contribution is -2.47. The molecule has 9 N–H and O–H groups in total. The Morgan fingerprint density at radius 3 is 1.32 bits per heavy atom. The van der Waals surface area contributed by atoms with Gasteiger partial charge in [-0.3, -0.25) is 0 Å². The largest absolute Gasteiger partial charge is 0.458 e.